The monoisotopic (exact) mass is 668 g/mol. The van der Waals surface area contributed by atoms with Gasteiger partial charge in [-0.3, -0.25) is 0 Å². The highest BCUT2D eigenvalue weighted by atomic mass is 19.1. The highest BCUT2D eigenvalue weighted by Gasteiger charge is 2.24. The van der Waals surface area contributed by atoms with E-state index in [9.17, 15) is 9.90 Å². The van der Waals surface area contributed by atoms with Gasteiger partial charge in [0.2, 0.25) is 5.88 Å². The zero-order valence-corrected chi connectivity index (χ0v) is 26.3. The number of carboxylic acid groups (broad SMARTS) is 1. The second-order valence-electron chi connectivity index (χ2n) is 11.5. The average Bonchev–Trinajstić information content (AvgIpc) is 3.45. The summed E-state index contributed by atoms with van der Waals surface area (Å²) in [4.78, 5) is 29.2. The van der Waals surface area contributed by atoms with E-state index in [4.69, 9.17) is 14.7 Å². The van der Waals surface area contributed by atoms with E-state index in [1.807, 2.05) is 4.57 Å². The Morgan fingerprint density at radius 2 is 1.72 bits per heavy atom. The van der Waals surface area contributed by atoms with Crippen molar-refractivity contribution in [3.8, 4) is 35.0 Å². The SMILES string of the molecule is N#Cc1ccc(C#Cc2cnc(COc3cccc(-c4cc(F)c(Cc5nc6ccc(C(=O)O)cc6n5C[C@@H]5CCO5)cc4F)n3)nc2)cc1. The van der Waals surface area contributed by atoms with Crippen molar-refractivity contribution < 1.29 is 28.2 Å². The van der Waals surface area contributed by atoms with Crippen LogP contribution in [0.2, 0.25) is 0 Å². The van der Waals surface area contributed by atoms with Gasteiger partial charge in [-0.1, -0.05) is 17.9 Å². The number of ether oxygens (including phenoxy) is 2. The molecule has 0 radical (unpaired) electrons. The fourth-order valence-corrected chi connectivity index (χ4v) is 5.42. The summed E-state index contributed by atoms with van der Waals surface area (Å²) in [6.45, 7) is 1.03. The van der Waals surface area contributed by atoms with Crippen LogP contribution in [0.3, 0.4) is 0 Å². The highest BCUT2D eigenvalue weighted by molar-refractivity contribution is 5.92. The number of carboxylic acids is 1. The fourth-order valence-electron chi connectivity index (χ4n) is 5.42. The van der Waals surface area contributed by atoms with Crippen LogP contribution >= 0.6 is 0 Å². The normalized spacial score (nSPS) is 13.6. The van der Waals surface area contributed by atoms with Gasteiger partial charge in [-0.2, -0.15) is 5.26 Å². The summed E-state index contributed by atoms with van der Waals surface area (Å²) < 4.78 is 44.3. The topological polar surface area (TPSA) is 136 Å². The summed E-state index contributed by atoms with van der Waals surface area (Å²) in [6, 6.07) is 20.6. The van der Waals surface area contributed by atoms with Crippen LogP contribution < -0.4 is 4.74 Å². The molecule has 0 aliphatic carbocycles. The minimum atomic E-state index is -1.07. The first-order valence-corrected chi connectivity index (χ1v) is 15.6. The molecule has 1 N–H and O–H groups in total. The number of nitrogens with zero attached hydrogens (tertiary/aromatic N) is 6. The number of benzene rings is 3. The maximum atomic E-state index is 15.6. The Balaban J connectivity index is 1.05. The van der Waals surface area contributed by atoms with Crippen molar-refractivity contribution in [2.24, 2.45) is 0 Å². The third-order valence-electron chi connectivity index (χ3n) is 8.16. The number of hydrogen-bond donors (Lipinski definition) is 1. The molecule has 1 saturated heterocycles. The first-order valence-electron chi connectivity index (χ1n) is 15.6. The van der Waals surface area contributed by atoms with Crippen LogP contribution in [0.4, 0.5) is 8.78 Å². The Labute approximate surface area is 284 Å². The van der Waals surface area contributed by atoms with Crippen molar-refractivity contribution in [2.75, 3.05) is 6.61 Å². The number of pyridine rings is 1. The van der Waals surface area contributed by atoms with Gasteiger partial charge in [-0.25, -0.2) is 33.5 Å². The maximum Gasteiger partial charge on any atom is 0.335 e. The Hall–Kier alpha value is -6.50. The van der Waals surface area contributed by atoms with E-state index >= 15 is 8.78 Å². The molecular formula is C38H26F2N6O4. The minimum Gasteiger partial charge on any atom is -0.478 e. The van der Waals surface area contributed by atoms with Gasteiger partial charge < -0.3 is 19.1 Å². The van der Waals surface area contributed by atoms with Gasteiger partial charge in [0, 0.05) is 42.6 Å². The van der Waals surface area contributed by atoms with Gasteiger partial charge in [0.15, 0.2) is 5.82 Å². The summed E-state index contributed by atoms with van der Waals surface area (Å²) in [6.07, 6.45) is 3.87. The Morgan fingerprint density at radius 3 is 2.44 bits per heavy atom. The lowest BCUT2D eigenvalue weighted by Crippen LogP contribution is -2.31. The number of halogens is 2. The van der Waals surface area contributed by atoms with Crippen molar-refractivity contribution in [2.45, 2.75) is 32.1 Å². The zero-order valence-electron chi connectivity index (χ0n) is 26.3. The van der Waals surface area contributed by atoms with Crippen molar-refractivity contribution in [1.82, 2.24) is 24.5 Å². The van der Waals surface area contributed by atoms with Crippen LogP contribution in [0, 0.1) is 34.8 Å². The minimum absolute atomic E-state index is 0.0174. The summed E-state index contributed by atoms with van der Waals surface area (Å²) in [5.41, 5.74) is 3.37. The average molecular weight is 669 g/mol. The second kappa shape index (κ2) is 13.9. The lowest BCUT2D eigenvalue weighted by molar-refractivity contribution is -0.0589. The van der Waals surface area contributed by atoms with Gasteiger partial charge in [0.1, 0.15) is 24.1 Å². The van der Waals surface area contributed by atoms with Gasteiger partial charge in [-0.15, -0.1) is 0 Å². The van der Waals surface area contributed by atoms with E-state index in [0.29, 0.717) is 47.0 Å². The van der Waals surface area contributed by atoms with Crippen LogP contribution in [0.5, 0.6) is 5.88 Å². The van der Waals surface area contributed by atoms with Gasteiger partial charge in [0.25, 0.3) is 0 Å². The second-order valence-corrected chi connectivity index (χ2v) is 11.5. The molecule has 0 unspecified atom stereocenters. The third kappa shape index (κ3) is 7.02. The lowest BCUT2D eigenvalue weighted by Gasteiger charge is -2.27. The molecule has 1 aliphatic heterocycles. The molecule has 1 aliphatic rings. The number of aromatic nitrogens is 5. The van der Waals surface area contributed by atoms with Crippen LogP contribution in [0.1, 0.15) is 50.7 Å². The largest absolute Gasteiger partial charge is 0.478 e. The van der Waals surface area contributed by atoms with Crippen molar-refractivity contribution in [3.63, 3.8) is 0 Å². The molecule has 0 amide bonds. The molecule has 0 spiro atoms. The molecule has 7 rings (SSSR count). The number of fused-ring (bicyclic) bond motifs is 1. The van der Waals surface area contributed by atoms with E-state index in [2.05, 4.69) is 37.8 Å². The van der Waals surface area contributed by atoms with Gasteiger partial charge in [0.05, 0.1) is 52.1 Å². The third-order valence-corrected chi connectivity index (χ3v) is 8.16. The fraction of sp³-hybridized carbons (Fsp3) is 0.158. The molecular weight excluding hydrogens is 642 g/mol. The van der Waals surface area contributed by atoms with Crippen molar-refractivity contribution in [3.05, 3.63) is 136 Å². The number of imidazole rings is 1. The molecule has 3 aromatic heterocycles. The van der Waals surface area contributed by atoms with Crippen LogP contribution in [0.15, 0.2) is 85.2 Å². The summed E-state index contributed by atoms with van der Waals surface area (Å²) >= 11 is 0. The smallest absolute Gasteiger partial charge is 0.335 e. The molecule has 246 valence electrons. The van der Waals surface area contributed by atoms with Gasteiger partial charge in [-0.05, 0) is 72.6 Å². The van der Waals surface area contributed by atoms with Crippen LogP contribution in [-0.4, -0.2) is 48.3 Å². The number of aromatic carboxylic acids is 1. The number of rotatable bonds is 9. The molecule has 0 bridgehead atoms. The van der Waals surface area contributed by atoms with E-state index in [1.54, 1.807) is 60.9 Å². The van der Waals surface area contributed by atoms with Crippen LogP contribution in [-0.2, 0) is 24.3 Å². The number of carbonyl (C=O) groups is 1. The molecule has 3 aromatic carbocycles. The summed E-state index contributed by atoms with van der Waals surface area (Å²) in [7, 11) is 0. The quantitative estimate of drug-likeness (QED) is 0.181. The molecule has 0 saturated carbocycles. The zero-order chi connectivity index (χ0) is 34.6. The Bertz CT molecular complexity index is 2340. The first-order chi connectivity index (χ1) is 24.3. The Kier molecular flexibility index (Phi) is 8.93. The molecule has 4 heterocycles. The standard InChI is InChI=1S/C38H26F2N6O4/c39-30-17-29(31(40)14-27(30)16-36-44-33-11-10-26(38(47)48)15-34(33)46(36)21-28-12-13-49-28)32-2-1-3-37(45-32)50-22-35-42-19-25(20-43-35)9-6-23-4-7-24(18-41)8-5-23/h1-5,7-8,10-11,14-15,17,19-20,28H,12-13,16,21-22H2,(H,47,48)/t28-/m0/s1. The van der Waals surface area contributed by atoms with E-state index < -0.39 is 17.6 Å². The summed E-state index contributed by atoms with van der Waals surface area (Å²) in [5.74, 6) is 4.59. The van der Waals surface area contributed by atoms with E-state index in [-0.39, 0.29) is 47.4 Å². The highest BCUT2D eigenvalue weighted by Crippen LogP contribution is 2.29. The molecule has 50 heavy (non-hydrogen) atoms. The lowest BCUT2D eigenvalue weighted by atomic mass is 10.0. The molecule has 6 aromatic rings. The van der Waals surface area contributed by atoms with Crippen molar-refractivity contribution in [1.29, 1.82) is 5.26 Å². The molecule has 1 atom stereocenters. The van der Waals surface area contributed by atoms with E-state index in [1.165, 1.54) is 12.1 Å². The Morgan fingerprint density at radius 1 is 0.960 bits per heavy atom. The maximum absolute atomic E-state index is 15.6. The van der Waals surface area contributed by atoms with Gasteiger partial charge >= 0.3 is 5.97 Å². The molecule has 10 nitrogen and oxygen atoms in total. The van der Waals surface area contributed by atoms with Crippen molar-refractivity contribution >= 4 is 17.0 Å². The van der Waals surface area contributed by atoms with E-state index in [0.717, 1.165) is 24.1 Å². The molecule has 1 fully saturated rings. The number of hydrogen-bond acceptors (Lipinski definition) is 8. The first kappa shape index (κ1) is 32.1. The molecule has 12 heteroatoms. The number of nitriles is 1. The predicted octanol–water partition coefficient (Wildman–Crippen LogP) is 6.09. The summed E-state index contributed by atoms with van der Waals surface area (Å²) in [5, 5.41) is 18.4. The predicted molar refractivity (Wildman–Crippen MR) is 177 cm³/mol. The van der Waals surface area contributed by atoms with Crippen LogP contribution in [0.25, 0.3) is 22.3 Å².